The third kappa shape index (κ3) is 5.22. The highest BCUT2D eigenvalue weighted by molar-refractivity contribution is 5.91. The van der Waals surface area contributed by atoms with E-state index in [0.717, 1.165) is 30.0 Å². The average molecular weight is 402 g/mol. The number of benzene rings is 2. The highest BCUT2D eigenvalue weighted by Gasteiger charge is 2.34. The fraction of sp³-hybridized carbons (Fsp3) is 0.286. The summed E-state index contributed by atoms with van der Waals surface area (Å²) in [5.74, 6) is -0.375. The molecule has 0 saturated carbocycles. The molecule has 3 aromatic rings. The van der Waals surface area contributed by atoms with Gasteiger partial charge in [0.15, 0.2) is 5.69 Å². The summed E-state index contributed by atoms with van der Waals surface area (Å²) >= 11 is 0. The minimum absolute atomic E-state index is 0.00698. The number of hydrogen-bond acceptors (Lipinski definition) is 3. The van der Waals surface area contributed by atoms with Gasteiger partial charge in [-0.1, -0.05) is 47.7 Å². The topological polar surface area (TPSA) is 51.0 Å². The van der Waals surface area contributed by atoms with E-state index in [4.69, 9.17) is 0 Å². The van der Waals surface area contributed by atoms with Crippen LogP contribution in [-0.2, 0) is 12.6 Å². The second-order valence-electron chi connectivity index (χ2n) is 6.73. The summed E-state index contributed by atoms with van der Waals surface area (Å²) in [5, 5.41) is 7.49. The van der Waals surface area contributed by atoms with Crippen LogP contribution in [0.25, 0.3) is 5.69 Å². The van der Waals surface area contributed by atoms with E-state index in [-0.39, 0.29) is 17.3 Å². The number of nitrogens with zero attached hydrogens (tertiary/aromatic N) is 4. The van der Waals surface area contributed by atoms with Crippen molar-refractivity contribution in [2.45, 2.75) is 25.4 Å². The first-order chi connectivity index (χ1) is 13.9. The van der Waals surface area contributed by atoms with Crippen LogP contribution in [0.15, 0.2) is 60.8 Å². The fourth-order valence-electron chi connectivity index (χ4n) is 3.01. The van der Waals surface area contributed by atoms with Gasteiger partial charge < -0.3 is 4.90 Å². The first kappa shape index (κ1) is 20.6. The Bertz CT molecular complexity index is 954. The number of halogens is 3. The fourth-order valence-corrected chi connectivity index (χ4v) is 3.01. The van der Waals surface area contributed by atoms with Crippen LogP contribution >= 0.6 is 0 Å². The number of aryl methyl sites for hydroxylation is 1. The normalized spacial score (nSPS) is 11.4. The molecular formula is C21H21F3N4O. The quantitative estimate of drug-likeness (QED) is 0.551. The van der Waals surface area contributed by atoms with E-state index in [1.165, 1.54) is 34.9 Å². The van der Waals surface area contributed by atoms with Crippen molar-refractivity contribution in [3.8, 4) is 5.69 Å². The number of alkyl halides is 3. The molecule has 5 nitrogen and oxygen atoms in total. The molecular weight excluding hydrogens is 381 g/mol. The predicted octanol–water partition coefficient (Wildman–Crippen LogP) is 4.38. The number of aromatic nitrogens is 3. The molecule has 0 saturated heterocycles. The van der Waals surface area contributed by atoms with Gasteiger partial charge in [-0.05, 0) is 37.0 Å². The van der Waals surface area contributed by atoms with Crippen LogP contribution in [0.1, 0.15) is 34.5 Å². The van der Waals surface area contributed by atoms with Crippen LogP contribution in [-0.4, -0.2) is 39.4 Å². The molecule has 1 heterocycles. The molecule has 0 radical (unpaired) electrons. The standard InChI is InChI=1S/C21H21F3N4O/c1-27(14-8-7-11-16-9-3-2-4-10-16)20(29)18-15-28(26-25-18)19-13-6-5-12-17(19)21(22,23)24/h2-6,9-10,12-13,15H,7-8,11,14H2,1H3. The average Bonchev–Trinajstić information content (AvgIpc) is 3.21. The number of para-hydroxylation sites is 1. The van der Waals surface area contributed by atoms with E-state index < -0.39 is 11.7 Å². The highest BCUT2D eigenvalue weighted by atomic mass is 19.4. The monoisotopic (exact) mass is 402 g/mol. The minimum atomic E-state index is -4.53. The van der Waals surface area contributed by atoms with Crippen LogP contribution in [0.4, 0.5) is 13.2 Å². The SMILES string of the molecule is CN(CCCCc1ccccc1)C(=O)c1cn(-c2ccccc2C(F)(F)F)nn1. The van der Waals surface area contributed by atoms with E-state index in [1.54, 1.807) is 7.05 Å². The predicted molar refractivity (Wildman–Crippen MR) is 103 cm³/mol. The molecule has 0 spiro atoms. The van der Waals surface area contributed by atoms with Crippen molar-refractivity contribution in [1.82, 2.24) is 19.9 Å². The second-order valence-corrected chi connectivity index (χ2v) is 6.73. The lowest BCUT2D eigenvalue weighted by atomic mass is 10.1. The summed E-state index contributed by atoms with van der Waals surface area (Å²) in [4.78, 5) is 14.0. The second kappa shape index (κ2) is 8.89. The third-order valence-electron chi connectivity index (χ3n) is 4.57. The van der Waals surface area contributed by atoms with Crippen LogP contribution in [0, 0.1) is 0 Å². The Morgan fingerprint density at radius 2 is 1.72 bits per heavy atom. The smallest absolute Gasteiger partial charge is 0.340 e. The minimum Gasteiger partial charge on any atom is -0.340 e. The van der Waals surface area contributed by atoms with E-state index >= 15 is 0 Å². The molecule has 0 N–H and O–H groups in total. The first-order valence-electron chi connectivity index (χ1n) is 9.24. The number of hydrogen-bond donors (Lipinski definition) is 0. The lowest BCUT2D eigenvalue weighted by Gasteiger charge is -2.15. The van der Waals surface area contributed by atoms with Gasteiger partial charge in [-0.15, -0.1) is 5.10 Å². The number of unbranched alkanes of at least 4 members (excludes halogenated alkanes) is 1. The Morgan fingerprint density at radius 3 is 2.45 bits per heavy atom. The molecule has 2 aromatic carbocycles. The van der Waals surface area contributed by atoms with Crippen LogP contribution in [0.2, 0.25) is 0 Å². The number of carbonyl (C=O) groups excluding carboxylic acids is 1. The maximum absolute atomic E-state index is 13.2. The molecule has 152 valence electrons. The van der Waals surface area contributed by atoms with Crippen molar-refractivity contribution in [1.29, 1.82) is 0 Å². The van der Waals surface area contributed by atoms with Gasteiger partial charge in [-0.2, -0.15) is 13.2 Å². The molecule has 0 fully saturated rings. The molecule has 0 aliphatic rings. The zero-order chi connectivity index (χ0) is 20.9. The number of rotatable bonds is 7. The van der Waals surface area contributed by atoms with Gasteiger partial charge in [0.05, 0.1) is 17.4 Å². The van der Waals surface area contributed by atoms with E-state index in [9.17, 15) is 18.0 Å². The van der Waals surface area contributed by atoms with Crippen LogP contribution in [0.3, 0.4) is 0 Å². The van der Waals surface area contributed by atoms with Crippen molar-refractivity contribution in [2.24, 2.45) is 0 Å². The van der Waals surface area contributed by atoms with Gasteiger partial charge in [0, 0.05) is 13.6 Å². The maximum atomic E-state index is 13.2. The molecule has 8 heteroatoms. The summed E-state index contributed by atoms with van der Waals surface area (Å²) in [7, 11) is 1.65. The number of amides is 1. The Labute approximate surface area is 166 Å². The molecule has 0 bridgehead atoms. The van der Waals surface area contributed by atoms with Crippen molar-refractivity contribution in [2.75, 3.05) is 13.6 Å². The lowest BCUT2D eigenvalue weighted by molar-refractivity contribution is -0.137. The van der Waals surface area contributed by atoms with Crippen molar-refractivity contribution in [3.63, 3.8) is 0 Å². The van der Waals surface area contributed by atoms with Crippen LogP contribution < -0.4 is 0 Å². The molecule has 0 unspecified atom stereocenters. The highest BCUT2D eigenvalue weighted by Crippen LogP contribution is 2.33. The molecule has 1 amide bonds. The first-order valence-corrected chi connectivity index (χ1v) is 9.24. The van der Waals surface area contributed by atoms with E-state index in [0.29, 0.717) is 6.54 Å². The van der Waals surface area contributed by atoms with E-state index in [2.05, 4.69) is 22.4 Å². The largest absolute Gasteiger partial charge is 0.418 e. The van der Waals surface area contributed by atoms with Gasteiger partial charge in [0.2, 0.25) is 0 Å². The molecule has 0 aliphatic heterocycles. The Morgan fingerprint density at radius 1 is 1.03 bits per heavy atom. The molecule has 0 atom stereocenters. The molecule has 1 aromatic heterocycles. The molecule has 0 aliphatic carbocycles. The van der Waals surface area contributed by atoms with Crippen molar-refractivity contribution >= 4 is 5.91 Å². The Hall–Kier alpha value is -3.16. The zero-order valence-corrected chi connectivity index (χ0v) is 15.9. The van der Waals surface area contributed by atoms with Crippen molar-refractivity contribution < 1.29 is 18.0 Å². The van der Waals surface area contributed by atoms with Crippen LogP contribution in [0.5, 0.6) is 0 Å². The Balaban J connectivity index is 1.61. The summed E-state index contributed by atoms with van der Waals surface area (Å²) in [6, 6.07) is 15.1. The van der Waals surface area contributed by atoms with Gasteiger partial charge in [-0.25, -0.2) is 4.68 Å². The number of carbonyl (C=O) groups is 1. The van der Waals surface area contributed by atoms with Gasteiger partial charge >= 0.3 is 6.18 Å². The summed E-state index contributed by atoms with van der Waals surface area (Å²) in [5.41, 5.74) is 0.246. The zero-order valence-electron chi connectivity index (χ0n) is 15.9. The lowest BCUT2D eigenvalue weighted by Crippen LogP contribution is -2.28. The van der Waals surface area contributed by atoms with Gasteiger partial charge in [0.1, 0.15) is 0 Å². The summed E-state index contributed by atoms with van der Waals surface area (Å²) in [6.45, 7) is 0.525. The third-order valence-corrected chi connectivity index (χ3v) is 4.57. The van der Waals surface area contributed by atoms with Crippen molar-refractivity contribution in [3.05, 3.63) is 77.6 Å². The molecule has 3 rings (SSSR count). The summed E-state index contributed by atoms with van der Waals surface area (Å²) in [6.07, 6.45) is -0.641. The Kier molecular flexibility index (Phi) is 6.31. The maximum Gasteiger partial charge on any atom is 0.418 e. The van der Waals surface area contributed by atoms with Gasteiger partial charge in [0.25, 0.3) is 5.91 Å². The molecule has 29 heavy (non-hydrogen) atoms. The summed E-state index contributed by atoms with van der Waals surface area (Å²) < 4.78 is 40.5. The van der Waals surface area contributed by atoms with E-state index in [1.807, 2.05) is 18.2 Å². The van der Waals surface area contributed by atoms with Gasteiger partial charge in [-0.3, -0.25) is 4.79 Å².